The van der Waals surface area contributed by atoms with Gasteiger partial charge in [0.1, 0.15) is 11.5 Å². The van der Waals surface area contributed by atoms with Crippen molar-refractivity contribution in [1.29, 1.82) is 0 Å². The van der Waals surface area contributed by atoms with Crippen LogP contribution in [0.1, 0.15) is 30.9 Å². The number of ether oxygens (including phenoxy) is 1. The van der Waals surface area contributed by atoms with Crippen LogP contribution in [0.2, 0.25) is 0 Å². The molecule has 2 aliphatic rings. The smallest absolute Gasteiger partial charge is 0.260 e. The lowest BCUT2D eigenvalue weighted by atomic mass is 10.0. The van der Waals surface area contributed by atoms with Gasteiger partial charge in [0, 0.05) is 11.6 Å². The summed E-state index contributed by atoms with van der Waals surface area (Å²) in [7, 11) is 0. The molecular formula is C26H22N2O5. The number of nitrogens with one attached hydrogen (secondary N) is 1. The Kier molecular flexibility index (Phi) is 5.79. The van der Waals surface area contributed by atoms with Crippen molar-refractivity contribution in [1.82, 2.24) is 9.55 Å². The van der Waals surface area contributed by atoms with Gasteiger partial charge in [-0.1, -0.05) is 26.0 Å². The largest absolute Gasteiger partial charge is 0.457 e. The van der Waals surface area contributed by atoms with E-state index >= 15 is 0 Å². The normalized spacial score (nSPS) is 11.0. The number of hydrogen-bond acceptors (Lipinski definition) is 5. The van der Waals surface area contributed by atoms with Crippen molar-refractivity contribution in [3.8, 4) is 17.2 Å². The fourth-order valence-electron chi connectivity index (χ4n) is 3.54. The summed E-state index contributed by atoms with van der Waals surface area (Å²) in [4.78, 5) is 52.1. The quantitative estimate of drug-likeness (QED) is 0.523. The molecule has 0 saturated heterocycles. The van der Waals surface area contributed by atoms with Crippen molar-refractivity contribution in [2.75, 3.05) is 0 Å². The third-order valence-electron chi connectivity index (χ3n) is 5.40. The number of nitrogens with zero attached hydrogens (tertiary/aromatic N) is 1. The van der Waals surface area contributed by atoms with Gasteiger partial charge >= 0.3 is 0 Å². The summed E-state index contributed by atoms with van der Waals surface area (Å²) in [5.41, 5.74) is -0.741. The van der Waals surface area contributed by atoms with E-state index in [-0.39, 0.29) is 16.0 Å². The molecule has 0 spiro atoms. The molecule has 4 rings (SSSR count). The highest BCUT2D eigenvalue weighted by Gasteiger charge is 2.08. The Hall–Kier alpha value is -4.26. The molecule has 0 unspecified atom stereocenters. The van der Waals surface area contributed by atoms with Crippen molar-refractivity contribution >= 4 is 0 Å². The van der Waals surface area contributed by atoms with Crippen LogP contribution in [-0.2, 0) is 0 Å². The summed E-state index contributed by atoms with van der Waals surface area (Å²) in [5, 5.41) is 0.110. The fraction of sp³-hybridized carbons (Fsp3) is 0.154. The van der Waals surface area contributed by atoms with E-state index in [9.17, 15) is 19.2 Å². The summed E-state index contributed by atoms with van der Waals surface area (Å²) in [5.74, 6) is 1.64. The van der Waals surface area contributed by atoms with E-state index in [0.717, 1.165) is 10.6 Å². The number of H-pyrrole nitrogens is 1. The van der Waals surface area contributed by atoms with Gasteiger partial charge in [-0.05, 0) is 66.9 Å². The van der Waals surface area contributed by atoms with E-state index in [1.165, 1.54) is 24.6 Å². The van der Waals surface area contributed by atoms with E-state index in [0.29, 0.717) is 23.1 Å². The number of benzene rings is 2. The molecule has 2 aromatic carbocycles. The molecule has 166 valence electrons. The van der Waals surface area contributed by atoms with E-state index in [4.69, 9.17) is 4.74 Å². The molecule has 2 aromatic rings. The van der Waals surface area contributed by atoms with Crippen LogP contribution < -0.4 is 27.0 Å². The molecule has 7 nitrogen and oxygen atoms in total. The molecule has 0 bridgehead atoms. The Labute approximate surface area is 188 Å². The summed E-state index contributed by atoms with van der Waals surface area (Å²) in [6, 6.07) is 18.0. The van der Waals surface area contributed by atoms with Crippen molar-refractivity contribution in [3.63, 3.8) is 0 Å². The Morgan fingerprint density at radius 2 is 1.33 bits per heavy atom. The maximum Gasteiger partial charge on any atom is 0.260 e. The topological polar surface area (TPSA) is 98.2 Å². The van der Waals surface area contributed by atoms with E-state index in [2.05, 4.69) is 18.8 Å². The maximum atomic E-state index is 13.0. The van der Waals surface area contributed by atoms with Gasteiger partial charge in [-0.2, -0.15) is 0 Å². The summed E-state index contributed by atoms with van der Waals surface area (Å²) < 4.78 is 6.86. The van der Waals surface area contributed by atoms with Crippen LogP contribution in [0.5, 0.6) is 11.5 Å². The Bertz CT molecular complexity index is 1630. The maximum absolute atomic E-state index is 13.0. The van der Waals surface area contributed by atoms with Crippen molar-refractivity contribution in [2.45, 2.75) is 26.7 Å². The molecule has 33 heavy (non-hydrogen) atoms. The van der Waals surface area contributed by atoms with Crippen molar-refractivity contribution < 1.29 is 4.74 Å². The van der Waals surface area contributed by atoms with Gasteiger partial charge in [0.05, 0.1) is 16.1 Å². The molecule has 0 aromatic heterocycles. The van der Waals surface area contributed by atoms with E-state index in [1.54, 1.807) is 24.3 Å². The zero-order valence-electron chi connectivity index (χ0n) is 18.4. The molecule has 0 saturated carbocycles. The highest BCUT2D eigenvalue weighted by molar-refractivity contribution is 5.40. The fourth-order valence-corrected chi connectivity index (χ4v) is 3.54. The average molecular weight is 442 g/mol. The minimum atomic E-state index is -0.633. The second-order valence-electron chi connectivity index (χ2n) is 8.07. The third kappa shape index (κ3) is 4.39. The average Bonchev–Trinajstić information content (AvgIpc) is 3.07. The Morgan fingerprint density at radius 3 is 1.94 bits per heavy atom. The van der Waals surface area contributed by atoms with Gasteiger partial charge in [-0.15, -0.1) is 0 Å². The van der Waals surface area contributed by atoms with Crippen LogP contribution in [0.4, 0.5) is 0 Å². The Morgan fingerprint density at radius 1 is 0.758 bits per heavy atom. The highest BCUT2D eigenvalue weighted by atomic mass is 16.5. The first-order valence-electron chi connectivity index (χ1n) is 10.5. The van der Waals surface area contributed by atoms with Gasteiger partial charge < -0.3 is 4.74 Å². The number of aromatic nitrogens is 2. The predicted octanol–water partition coefficient (Wildman–Crippen LogP) is 3.20. The minimum Gasteiger partial charge on any atom is -0.457 e. The molecule has 0 radical (unpaired) electrons. The number of aryl methyl sites for hydroxylation is 1. The molecule has 0 fully saturated rings. The number of rotatable bonds is 4. The second-order valence-corrected chi connectivity index (χ2v) is 8.07. The number of aromatic amines is 1. The van der Waals surface area contributed by atoms with Crippen LogP contribution >= 0.6 is 0 Å². The SMILES string of the molecule is Cc1cc2c(=O)[nH]c(=O)c=2ccc(=O)n(-c2ccc(Oc3ccc(C(C)C)cc3)cc2)c1=O. The molecule has 7 heteroatoms. The first kappa shape index (κ1) is 22.0. The molecule has 0 aliphatic carbocycles. The first-order chi connectivity index (χ1) is 15.7. The van der Waals surface area contributed by atoms with Crippen LogP contribution in [0, 0.1) is 17.4 Å². The summed E-state index contributed by atoms with van der Waals surface area (Å²) in [6.07, 6.45) is 0. The van der Waals surface area contributed by atoms with Gasteiger partial charge in [0.15, 0.2) is 0 Å². The summed E-state index contributed by atoms with van der Waals surface area (Å²) >= 11 is 0. The standard InChI is InChI=1S/C26H22N2O5/c1-15(2)17-4-8-19(9-5-17)33-20-10-6-18(7-11-20)28-23(29)13-12-21-22(14-16(3)26(28)32)25(31)27-24(21)30/h4-15H,1-3H3,(H,27,30,31). The van der Waals surface area contributed by atoms with Crippen LogP contribution in [0.15, 0.2) is 85.9 Å². The predicted molar refractivity (Wildman–Crippen MR) is 126 cm³/mol. The lowest BCUT2D eigenvalue weighted by Gasteiger charge is -2.09. The zero-order valence-corrected chi connectivity index (χ0v) is 18.4. The van der Waals surface area contributed by atoms with Crippen molar-refractivity contribution in [2.24, 2.45) is 0 Å². The molecule has 0 atom stereocenters. The van der Waals surface area contributed by atoms with Crippen LogP contribution in [-0.4, -0.2) is 9.55 Å². The van der Waals surface area contributed by atoms with Crippen molar-refractivity contribution in [3.05, 3.63) is 130 Å². The van der Waals surface area contributed by atoms with E-state index < -0.39 is 22.2 Å². The monoisotopic (exact) mass is 442 g/mol. The molecule has 0 amide bonds. The third-order valence-corrected chi connectivity index (χ3v) is 5.40. The molecule has 2 heterocycles. The van der Waals surface area contributed by atoms with Crippen LogP contribution in [0.25, 0.3) is 5.69 Å². The highest BCUT2D eigenvalue weighted by Crippen LogP contribution is 2.24. The molecular weight excluding hydrogens is 420 g/mol. The summed E-state index contributed by atoms with van der Waals surface area (Å²) in [6.45, 7) is 5.73. The van der Waals surface area contributed by atoms with Crippen LogP contribution in [0.3, 0.4) is 0 Å². The van der Waals surface area contributed by atoms with Gasteiger partial charge in [0.25, 0.3) is 22.2 Å². The van der Waals surface area contributed by atoms with E-state index in [1.807, 2.05) is 24.3 Å². The molecule has 1 N–H and O–H groups in total. The Balaban J connectivity index is 1.77. The zero-order chi connectivity index (χ0) is 23.7. The second kappa shape index (κ2) is 8.70. The minimum absolute atomic E-state index is 0.0505. The number of hydrogen-bond donors (Lipinski definition) is 1. The van der Waals surface area contributed by atoms with Gasteiger partial charge in [-0.25, -0.2) is 4.57 Å². The van der Waals surface area contributed by atoms with Gasteiger partial charge in [0.2, 0.25) is 0 Å². The first-order valence-corrected chi connectivity index (χ1v) is 10.5. The lowest BCUT2D eigenvalue weighted by Crippen LogP contribution is -2.29. The van der Waals surface area contributed by atoms with Gasteiger partial charge in [-0.3, -0.25) is 24.2 Å². The lowest BCUT2D eigenvalue weighted by molar-refractivity contribution is 0.482. The molecule has 2 aliphatic heterocycles.